The lowest BCUT2D eigenvalue weighted by molar-refractivity contribution is -0.138. The summed E-state index contributed by atoms with van der Waals surface area (Å²) in [6, 6.07) is 2.45. The molecule has 0 aliphatic heterocycles. The van der Waals surface area contributed by atoms with Gasteiger partial charge in [-0.2, -0.15) is 13.2 Å². The maximum Gasteiger partial charge on any atom is 0.391 e. The van der Waals surface area contributed by atoms with Gasteiger partial charge in [-0.1, -0.05) is 6.07 Å². The molecule has 1 unspecified atom stereocenters. The highest BCUT2D eigenvalue weighted by Crippen LogP contribution is 2.22. The minimum absolute atomic E-state index is 0.177. The highest BCUT2D eigenvalue weighted by Gasteiger charge is 2.30. The molecule has 0 saturated heterocycles. The number of hydrogen-bond acceptors (Lipinski definition) is 2. The summed E-state index contributed by atoms with van der Waals surface area (Å²) in [7, 11) is 0. The van der Waals surface area contributed by atoms with Gasteiger partial charge in [0.05, 0.1) is 17.7 Å². The Morgan fingerprint density at radius 1 is 1.44 bits per heavy atom. The molecule has 0 spiro atoms. The van der Waals surface area contributed by atoms with E-state index in [0.717, 1.165) is 6.07 Å². The Bertz CT molecular complexity index is 445. The first-order valence-electron chi connectivity index (χ1n) is 5.12. The third kappa shape index (κ3) is 3.90. The van der Waals surface area contributed by atoms with Crippen molar-refractivity contribution >= 4 is 11.6 Å². The quantitative estimate of drug-likeness (QED) is 0.651. The highest BCUT2D eigenvalue weighted by atomic mass is 19.4. The lowest BCUT2D eigenvalue weighted by Gasteiger charge is -2.16. The van der Waals surface area contributed by atoms with Crippen molar-refractivity contribution in [1.29, 1.82) is 0 Å². The summed E-state index contributed by atoms with van der Waals surface area (Å²) < 4.78 is 49.3. The van der Waals surface area contributed by atoms with Gasteiger partial charge in [0.25, 0.3) is 5.91 Å². The van der Waals surface area contributed by atoms with Crippen molar-refractivity contribution in [2.24, 2.45) is 0 Å². The van der Waals surface area contributed by atoms with E-state index >= 15 is 0 Å². The van der Waals surface area contributed by atoms with E-state index in [0.29, 0.717) is 0 Å². The number of halogens is 4. The second kappa shape index (κ2) is 5.24. The van der Waals surface area contributed by atoms with Gasteiger partial charge in [0.1, 0.15) is 5.82 Å². The Hall–Kier alpha value is -1.79. The molecule has 100 valence electrons. The molecular formula is C11H12F4N2O. The first-order valence-corrected chi connectivity index (χ1v) is 5.12. The molecule has 0 aliphatic rings. The fraction of sp³-hybridized carbons (Fsp3) is 0.364. The van der Waals surface area contributed by atoms with E-state index in [4.69, 9.17) is 5.73 Å². The molecule has 3 N–H and O–H groups in total. The van der Waals surface area contributed by atoms with Gasteiger partial charge in [-0.3, -0.25) is 4.79 Å². The summed E-state index contributed by atoms with van der Waals surface area (Å²) in [5.41, 5.74) is 4.77. The Labute approximate surface area is 101 Å². The van der Waals surface area contributed by atoms with Gasteiger partial charge in [0.15, 0.2) is 0 Å². The smallest absolute Gasteiger partial charge is 0.391 e. The molecule has 0 aliphatic carbocycles. The fourth-order valence-corrected chi connectivity index (χ4v) is 1.43. The Balaban J connectivity index is 2.74. The molecule has 1 amide bonds. The van der Waals surface area contributed by atoms with Crippen molar-refractivity contribution < 1.29 is 22.4 Å². The molecule has 0 aromatic heterocycles. The largest absolute Gasteiger partial charge is 0.396 e. The van der Waals surface area contributed by atoms with Crippen LogP contribution in [0.1, 0.15) is 23.7 Å². The maximum atomic E-state index is 13.1. The number of nitrogen functional groups attached to an aromatic ring is 1. The number of benzene rings is 1. The van der Waals surface area contributed by atoms with Crippen LogP contribution in [0.4, 0.5) is 23.2 Å². The molecular weight excluding hydrogens is 252 g/mol. The predicted octanol–water partition coefficient (Wildman–Crippen LogP) is 2.48. The van der Waals surface area contributed by atoms with E-state index in [1.807, 2.05) is 0 Å². The van der Waals surface area contributed by atoms with Crippen LogP contribution in [-0.2, 0) is 0 Å². The number of alkyl halides is 3. The van der Waals surface area contributed by atoms with E-state index in [2.05, 4.69) is 5.32 Å². The first-order chi connectivity index (χ1) is 8.20. The molecule has 1 aromatic carbocycles. The third-order valence-corrected chi connectivity index (χ3v) is 2.21. The topological polar surface area (TPSA) is 55.1 Å². The van der Waals surface area contributed by atoms with Crippen molar-refractivity contribution in [3.8, 4) is 0 Å². The molecule has 1 aromatic rings. The maximum absolute atomic E-state index is 13.1. The molecule has 0 fully saturated rings. The monoisotopic (exact) mass is 264 g/mol. The van der Waals surface area contributed by atoms with E-state index < -0.39 is 30.4 Å². The number of nitrogens with one attached hydrogen (secondary N) is 1. The van der Waals surface area contributed by atoms with Crippen LogP contribution in [0.2, 0.25) is 0 Å². The normalized spacial score (nSPS) is 13.2. The number of nitrogens with two attached hydrogens (primary N) is 1. The molecule has 7 heteroatoms. The van der Waals surface area contributed by atoms with Crippen LogP contribution in [0.3, 0.4) is 0 Å². The number of rotatable bonds is 3. The van der Waals surface area contributed by atoms with Crippen molar-refractivity contribution in [2.45, 2.75) is 25.6 Å². The lowest BCUT2D eigenvalue weighted by Crippen LogP contribution is -2.36. The average Bonchev–Trinajstić information content (AvgIpc) is 2.18. The van der Waals surface area contributed by atoms with Gasteiger partial charge in [-0.05, 0) is 19.1 Å². The molecule has 18 heavy (non-hydrogen) atoms. The van der Waals surface area contributed by atoms with E-state index in [1.54, 1.807) is 0 Å². The number of carbonyl (C=O) groups is 1. The minimum atomic E-state index is -4.37. The van der Waals surface area contributed by atoms with Gasteiger partial charge in [0.2, 0.25) is 0 Å². The number of carbonyl (C=O) groups excluding carboxylic acids is 1. The van der Waals surface area contributed by atoms with Gasteiger partial charge in [-0.25, -0.2) is 4.39 Å². The van der Waals surface area contributed by atoms with Crippen LogP contribution in [0.5, 0.6) is 0 Å². The first kappa shape index (κ1) is 14.3. The van der Waals surface area contributed by atoms with Crippen molar-refractivity contribution in [3.63, 3.8) is 0 Å². The SMILES string of the molecule is CC(CC(F)(F)F)NC(=O)c1cccc(F)c1N. The Morgan fingerprint density at radius 2 is 2.06 bits per heavy atom. The van der Waals surface area contributed by atoms with E-state index in [-0.39, 0.29) is 11.3 Å². The zero-order valence-electron chi connectivity index (χ0n) is 9.51. The van der Waals surface area contributed by atoms with Crippen molar-refractivity contribution in [2.75, 3.05) is 5.73 Å². The van der Waals surface area contributed by atoms with Crippen LogP contribution in [0.25, 0.3) is 0 Å². The Kier molecular flexibility index (Phi) is 4.15. The Morgan fingerprint density at radius 3 is 2.61 bits per heavy atom. The van der Waals surface area contributed by atoms with Gasteiger partial charge < -0.3 is 11.1 Å². The summed E-state index contributed by atoms with van der Waals surface area (Å²) in [5, 5.41) is 2.12. The summed E-state index contributed by atoms with van der Waals surface area (Å²) in [4.78, 5) is 11.6. The molecule has 0 radical (unpaired) electrons. The number of anilines is 1. The predicted molar refractivity (Wildman–Crippen MR) is 58.4 cm³/mol. The van der Waals surface area contributed by atoms with Crippen LogP contribution < -0.4 is 11.1 Å². The summed E-state index contributed by atoms with van der Waals surface area (Å²) in [5.74, 6) is -1.62. The average molecular weight is 264 g/mol. The van der Waals surface area contributed by atoms with Crippen LogP contribution >= 0.6 is 0 Å². The number of para-hydroxylation sites is 1. The van der Waals surface area contributed by atoms with Crippen LogP contribution in [0.15, 0.2) is 18.2 Å². The third-order valence-electron chi connectivity index (χ3n) is 2.21. The fourth-order valence-electron chi connectivity index (χ4n) is 1.43. The zero-order valence-corrected chi connectivity index (χ0v) is 9.51. The molecule has 0 heterocycles. The lowest BCUT2D eigenvalue weighted by atomic mass is 10.1. The minimum Gasteiger partial charge on any atom is -0.396 e. The van der Waals surface area contributed by atoms with Gasteiger partial charge in [0, 0.05) is 6.04 Å². The van der Waals surface area contributed by atoms with Crippen LogP contribution in [0, 0.1) is 5.82 Å². The summed E-state index contributed by atoms with van der Waals surface area (Å²) >= 11 is 0. The summed E-state index contributed by atoms with van der Waals surface area (Å²) in [6.45, 7) is 1.21. The molecule has 1 rings (SSSR count). The molecule has 0 bridgehead atoms. The van der Waals surface area contributed by atoms with Crippen molar-refractivity contribution in [3.05, 3.63) is 29.6 Å². The second-order valence-corrected chi connectivity index (χ2v) is 3.89. The standard InChI is InChI=1S/C11H12F4N2O/c1-6(5-11(13,14)15)17-10(18)7-3-2-4-8(12)9(7)16/h2-4,6H,5,16H2,1H3,(H,17,18). The van der Waals surface area contributed by atoms with Gasteiger partial charge >= 0.3 is 6.18 Å². The van der Waals surface area contributed by atoms with Gasteiger partial charge in [-0.15, -0.1) is 0 Å². The van der Waals surface area contributed by atoms with Crippen LogP contribution in [-0.4, -0.2) is 18.1 Å². The zero-order chi connectivity index (χ0) is 13.9. The number of hydrogen-bond donors (Lipinski definition) is 2. The molecule has 1 atom stereocenters. The molecule has 3 nitrogen and oxygen atoms in total. The summed E-state index contributed by atoms with van der Waals surface area (Å²) in [6.07, 6.45) is -5.53. The highest BCUT2D eigenvalue weighted by molar-refractivity contribution is 5.99. The second-order valence-electron chi connectivity index (χ2n) is 3.89. The van der Waals surface area contributed by atoms with E-state index in [9.17, 15) is 22.4 Å². The number of amides is 1. The molecule has 0 saturated carbocycles. The van der Waals surface area contributed by atoms with E-state index in [1.165, 1.54) is 19.1 Å². The van der Waals surface area contributed by atoms with Crippen molar-refractivity contribution in [1.82, 2.24) is 5.32 Å².